The maximum absolute atomic E-state index is 11.2. The summed E-state index contributed by atoms with van der Waals surface area (Å²) in [6.45, 7) is 8.57. The molecule has 0 saturated carbocycles. The largest absolute Gasteiger partial charge is 0.357 e. The van der Waals surface area contributed by atoms with E-state index >= 15 is 0 Å². The number of rotatable bonds is 5. The van der Waals surface area contributed by atoms with Crippen LogP contribution in [-0.2, 0) is 4.79 Å². The van der Waals surface area contributed by atoms with E-state index in [1.165, 1.54) is 11.1 Å². The van der Waals surface area contributed by atoms with Crippen LogP contribution < -0.4 is 16.0 Å². The average Bonchev–Trinajstić information content (AvgIpc) is 2.55. The first-order valence-electron chi connectivity index (χ1n) is 8.46. The summed E-state index contributed by atoms with van der Waals surface area (Å²) in [5.41, 5.74) is 2.58. The summed E-state index contributed by atoms with van der Waals surface area (Å²) in [4.78, 5) is 15.9. The molecule has 3 N–H and O–H groups in total. The van der Waals surface area contributed by atoms with E-state index in [4.69, 9.17) is 4.99 Å². The molecule has 1 aromatic carbocycles. The van der Waals surface area contributed by atoms with Crippen LogP contribution in [0, 0.1) is 6.92 Å². The van der Waals surface area contributed by atoms with Gasteiger partial charge in [0.1, 0.15) is 0 Å². The summed E-state index contributed by atoms with van der Waals surface area (Å²) in [5, 5.41) is 9.59. The third-order valence-electron chi connectivity index (χ3n) is 4.12. The van der Waals surface area contributed by atoms with Crippen LogP contribution in [0.5, 0.6) is 0 Å². The second kappa shape index (κ2) is 8.56. The molecule has 1 amide bonds. The number of hydrogen-bond donors (Lipinski definition) is 3. The van der Waals surface area contributed by atoms with Gasteiger partial charge in [0.25, 0.3) is 0 Å². The van der Waals surface area contributed by atoms with Crippen molar-refractivity contribution >= 4 is 11.9 Å². The van der Waals surface area contributed by atoms with Crippen LogP contribution in [0.15, 0.2) is 29.3 Å². The highest BCUT2D eigenvalue weighted by atomic mass is 16.1. The molecule has 1 aliphatic heterocycles. The van der Waals surface area contributed by atoms with Gasteiger partial charge in [-0.1, -0.05) is 36.8 Å². The number of aryl methyl sites for hydroxylation is 1. The number of amides is 1. The molecule has 2 unspecified atom stereocenters. The molecule has 1 fully saturated rings. The van der Waals surface area contributed by atoms with Gasteiger partial charge in [0.15, 0.2) is 5.96 Å². The van der Waals surface area contributed by atoms with Crippen molar-refractivity contribution in [1.82, 2.24) is 16.0 Å². The number of piperidine rings is 1. The molecule has 1 saturated heterocycles. The smallest absolute Gasteiger partial charge is 0.220 e. The standard InChI is InChI=1S/C18H28N4O/c1-4-19-18(22-16-9-10-17(23)20-12-16)21-11-14(3)15-7-5-13(2)6-8-15/h5-8,14,16H,4,9-12H2,1-3H3,(H,20,23)(H2,19,21,22). The van der Waals surface area contributed by atoms with Crippen LogP contribution >= 0.6 is 0 Å². The summed E-state index contributed by atoms with van der Waals surface area (Å²) in [7, 11) is 0. The van der Waals surface area contributed by atoms with Gasteiger partial charge in [-0.25, -0.2) is 0 Å². The molecule has 0 bridgehead atoms. The summed E-state index contributed by atoms with van der Waals surface area (Å²) in [6, 6.07) is 8.88. The van der Waals surface area contributed by atoms with Crippen molar-refractivity contribution in [2.75, 3.05) is 19.6 Å². The summed E-state index contributed by atoms with van der Waals surface area (Å²) in [6.07, 6.45) is 1.43. The van der Waals surface area contributed by atoms with Gasteiger partial charge in [0.05, 0.1) is 0 Å². The molecule has 23 heavy (non-hydrogen) atoms. The zero-order chi connectivity index (χ0) is 16.7. The Labute approximate surface area is 139 Å². The number of hydrogen-bond acceptors (Lipinski definition) is 2. The van der Waals surface area contributed by atoms with Gasteiger partial charge in [-0.05, 0) is 25.8 Å². The number of nitrogens with one attached hydrogen (secondary N) is 3. The van der Waals surface area contributed by atoms with E-state index in [9.17, 15) is 4.79 Å². The van der Waals surface area contributed by atoms with Gasteiger partial charge in [-0.15, -0.1) is 0 Å². The lowest BCUT2D eigenvalue weighted by Gasteiger charge is -2.25. The predicted molar refractivity (Wildman–Crippen MR) is 94.7 cm³/mol. The number of carbonyl (C=O) groups is 1. The zero-order valence-corrected chi connectivity index (χ0v) is 14.4. The van der Waals surface area contributed by atoms with Gasteiger partial charge >= 0.3 is 0 Å². The Kier molecular flexibility index (Phi) is 6.44. The molecule has 2 atom stereocenters. The second-order valence-electron chi connectivity index (χ2n) is 6.22. The number of carbonyl (C=O) groups excluding carboxylic acids is 1. The number of nitrogens with zero attached hydrogens (tertiary/aromatic N) is 1. The molecule has 0 aliphatic carbocycles. The lowest BCUT2D eigenvalue weighted by atomic mass is 10.0. The van der Waals surface area contributed by atoms with Crippen molar-refractivity contribution < 1.29 is 4.79 Å². The van der Waals surface area contributed by atoms with Gasteiger partial charge in [0.2, 0.25) is 5.91 Å². The fourth-order valence-corrected chi connectivity index (χ4v) is 2.60. The minimum atomic E-state index is 0.137. The molecule has 2 rings (SSSR count). The second-order valence-corrected chi connectivity index (χ2v) is 6.22. The van der Waals surface area contributed by atoms with Crippen molar-refractivity contribution in [2.24, 2.45) is 4.99 Å². The highest BCUT2D eigenvalue weighted by Crippen LogP contribution is 2.16. The molecular formula is C18H28N4O. The topological polar surface area (TPSA) is 65.5 Å². The first-order chi connectivity index (χ1) is 11.1. The number of guanidine groups is 1. The van der Waals surface area contributed by atoms with Crippen molar-refractivity contribution in [2.45, 2.75) is 45.6 Å². The Balaban J connectivity index is 1.92. The molecule has 5 heteroatoms. The Morgan fingerprint density at radius 2 is 2.13 bits per heavy atom. The molecule has 126 valence electrons. The summed E-state index contributed by atoms with van der Waals surface area (Å²) in [5.74, 6) is 1.34. The minimum Gasteiger partial charge on any atom is -0.357 e. The number of benzene rings is 1. The molecule has 1 aliphatic rings. The van der Waals surface area contributed by atoms with E-state index < -0.39 is 0 Å². The predicted octanol–water partition coefficient (Wildman–Crippen LogP) is 1.93. The molecule has 0 spiro atoms. The fraction of sp³-hybridized carbons (Fsp3) is 0.556. The van der Waals surface area contributed by atoms with E-state index in [-0.39, 0.29) is 11.9 Å². The van der Waals surface area contributed by atoms with Crippen molar-refractivity contribution in [3.05, 3.63) is 35.4 Å². The van der Waals surface area contributed by atoms with Gasteiger partial charge < -0.3 is 16.0 Å². The SMILES string of the molecule is CCNC(=NCC(C)c1ccc(C)cc1)NC1CCC(=O)NC1. The van der Waals surface area contributed by atoms with Crippen LogP contribution in [0.1, 0.15) is 43.7 Å². The van der Waals surface area contributed by atoms with Crippen molar-refractivity contribution in [3.8, 4) is 0 Å². The highest BCUT2D eigenvalue weighted by molar-refractivity contribution is 5.81. The van der Waals surface area contributed by atoms with E-state index in [1.807, 2.05) is 0 Å². The number of aliphatic imine (C=N–C) groups is 1. The molecule has 1 aromatic rings. The maximum atomic E-state index is 11.2. The van der Waals surface area contributed by atoms with E-state index in [0.717, 1.165) is 25.5 Å². The van der Waals surface area contributed by atoms with Gasteiger partial charge in [-0.2, -0.15) is 0 Å². The summed E-state index contributed by atoms with van der Waals surface area (Å²) >= 11 is 0. The van der Waals surface area contributed by atoms with E-state index in [2.05, 4.69) is 61.0 Å². The van der Waals surface area contributed by atoms with Crippen LogP contribution in [-0.4, -0.2) is 37.5 Å². The first-order valence-corrected chi connectivity index (χ1v) is 8.46. The summed E-state index contributed by atoms with van der Waals surface area (Å²) < 4.78 is 0. The molecule has 0 aromatic heterocycles. The quantitative estimate of drug-likeness (QED) is 0.574. The minimum absolute atomic E-state index is 0.137. The average molecular weight is 316 g/mol. The Morgan fingerprint density at radius 3 is 2.74 bits per heavy atom. The Hall–Kier alpha value is -2.04. The third-order valence-corrected chi connectivity index (χ3v) is 4.12. The highest BCUT2D eigenvalue weighted by Gasteiger charge is 2.18. The van der Waals surface area contributed by atoms with E-state index in [1.54, 1.807) is 0 Å². The zero-order valence-electron chi connectivity index (χ0n) is 14.4. The van der Waals surface area contributed by atoms with Crippen molar-refractivity contribution in [3.63, 3.8) is 0 Å². The lowest BCUT2D eigenvalue weighted by Crippen LogP contribution is -2.51. The lowest BCUT2D eigenvalue weighted by molar-refractivity contribution is -0.122. The third kappa shape index (κ3) is 5.58. The Morgan fingerprint density at radius 1 is 1.39 bits per heavy atom. The maximum Gasteiger partial charge on any atom is 0.220 e. The van der Waals surface area contributed by atoms with Crippen LogP contribution in [0.25, 0.3) is 0 Å². The molecule has 5 nitrogen and oxygen atoms in total. The molecule has 0 radical (unpaired) electrons. The molecule has 1 heterocycles. The first kappa shape index (κ1) is 17.3. The Bertz CT molecular complexity index is 528. The van der Waals surface area contributed by atoms with Gasteiger partial charge in [-0.3, -0.25) is 9.79 Å². The van der Waals surface area contributed by atoms with Crippen LogP contribution in [0.4, 0.5) is 0 Å². The fourth-order valence-electron chi connectivity index (χ4n) is 2.60. The van der Waals surface area contributed by atoms with E-state index in [0.29, 0.717) is 18.9 Å². The monoisotopic (exact) mass is 316 g/mol. The van der Waals surface area contributed by atoms with Crippen LogP contribution in [0.2, 0.25) is 0 Å². The molecular weight excluding hydrogens is 288 g/mol. The van der Waals surface area contributed by atoms with Gasteiger partial charge in [0, 0.05) is 38.0 Å². The van der Waals surface area contributed by atoms with Crippen LogP contribution in [0.3, 0.4) is 0 Å². The van der Waals surface area contributed by atoms with Crippen molar-refractivity contribution in [1.29, 1.82) is 0 Å². The normalized spacial score (nSPS) is 19.9.